The maximum absolute atomic E-state index is 13.3. The summed E-state index contributed by atoms with van der Waals surface area (Å²) in [5.74, 6) is -0.341. The van der Waals surface area contributed by atoms with Crippen molar-refractivity contribution in [3.63, 3.8) is 0 Å². The standard InChI is InChI=1S/C30H38N4O7/c1-39-24-10-9-22-20-25(24)41-18-6-14-32-29(38)30(40-2)12-16-34(17-13-30)26(35)11-15-31-28(37)23(33-27(22)36)19-21-7-4-3-5-8-21/h3-5,7-10,20,23H,6,11-19H2,1-2H3,(H,31,37)(H,32,38)(H,33,36)/t23-/m0/s1. The summed E-state index contributed by atoms with van der Waals surface area (Å²) in [4.78, 5) is 54.1. The maximum Gasteiger partial charge on any atom is 0.252 e. The number of amides is 4. The molecule has 0 aliphatic carbocycles. The van der Waals surface area contributed by atoms with Crippen molar-refractivity contribution in [1.29, 1.82) is 0 Å². The van der Waals surface area contributed by atoms with Gasteiger partial charge in [0.25, 0.3) is 11.8 Å². The molecule has 0 radical (unpaired) electrons. The second kappa shape index (κ2) is 14.0. The van der Waals surface area contributed by atoms with E-state index in [0.29, 0.717) is 56.0 Å². The van der Waals surface area contributed by atoms with Crippen LogP contribution in [0.2, 0.25) is 0 Å². The van der Waals surface area contributed by atoms with Crippen molar-refractivity contribution in [1.82, 2.24) is 20.9 Å². The zero-order valence-corrected chi connectivity index (χ0v) is 23.6. The van der Waals surface area contributed by atoms with Gasteiger partial charge in [0.1, 0.15) is 11.6 Å². The lowest BCUT2D eigenvalue weighted by atomic mass is 9.89. The summed E-state index contributed by atoms with van der Waals surface area (Å²) in [6.07, 6.45) is 1.63. The minimum absolute atomic E-state index is 0.100. The Hall–Kier alpha value is -4.12. The van der Waals surface area contributed by atoms with Crippen LogP contribution in [-0.2, 0) is 25.5 Å². The van der Waals surface area contributed by atoms with Crippen molar-refractivity contribution in [3.8, 4) is 11.5 Å². The molecule has 4 bridgehead atoms. The average Bonchev–Trinajstić information content (AvgIpc) is 3.00. The first-order chi connectivity index (χ1) is 19.8. The lowest BCUT2D eigenvalue weighted by molar-refractivity contribution is -0.153. The fourth-order valence-corrected chi connectivity index (χ4v) is 5.06. The van der Waals surface area contributed by atoms with Crippen LogP contribution in [0.4, 0.5) is 0 Å². The molecule has 0 saturated carbocycles. The lowest BCUT2D eigenvalue weighted by Gasteiger charge is -2.39. The molecule has 5 rings (SSSR count). The summed E-state index contributed by atoms with van der Waals surface area (Å²) in [5.41, 5.74) is 0.178. The molecule has 3 heterocycles. The van der Waals surface area contributed by atoms with Gasteiger partial charge in [-0.3, -0.25) is 19.2 Å². The average molecular weight is 567 g/mol. The first-order valence-electron chi connectivity index (χ1n) is 13.9. The van der Waals surface area contributed by atoms with E-state index < -0.39 is 17.6 Å². The van der Waals surface area contributed by atoms with Gasteiger partial charge in [-0.1, -0.05) is 30.3 Å². The molecule has 2 aromatic rings. The highest BCUT2D eigenvalue weighted by Gasteiger charge is 2.42. The van der Waals surface area contributed by atoms with Crippen molar-refractivity contribution in [2.45, 2.75) is 43.7 Å². The molecule has 4 amide bonds. The number of nitrogens with one attached hydrogen (secondary N) is 3. The lowest BCUT2D eigenvalue weighted by Crippen LogP contribution is -2.56. The Balaban J connectivity index is 1.55. The largest absolute Gasteiger partial charge is 0.493 e. The summed E-state index contributed by atoms with van der Waals surface area (Å²) in [5, 5.41) is 8.57. The van der Waals surface area contributed by atoms with Crippen LogP contribution in [0.15, 0.2) is 48.5 Å². The van der Waals surface area contributed by atoms with E-state index in [0.717, 1.165) is 5.56 Å². The van der Waals surface area contributed by atoms with Crippen molar-refractivity contribution in [2.24, 2.45) is 0 Å². The number of hydrogen-bond donors (Lipinski definition) is 3. The topological polar surface area (TPSA) is 135 Å². The van der Waals surface area contributed by atoms with Gasteiger partial charge in [-0.05, 0) is 30.2 Å². The van der Waals surface area contributed by atoms with E-state index in [2.05, 4.69) is 16.0 Å². The number of benzene rings is 2. The molecule has 220 valence electrons. The quantitative estimate of drug-likeness (QED) is 0.510. The van der Waals surface area contributed by atoms with Crippen LogP contribution < -0.4 is 25.4 Å². The van der Waals surface area contributed by atoms with Gasteiger partial charge in [-0.15, -0.1) is 0 Å². The van der Waals surface area contributed by atoms with Crippen LogP contribution in [0.5, 0.6) is 11.5 Å². The van der Waals surface area contributed by atoms with Crippen LogP contribution >= 0.6 is 0 Å². The second-order valence-electron chi connectivity index (χ2n) is 10.2. The second-order valence-corrected chi connectivity index (χ2v) is 10.2. The summed E-state index contributed by atoms with van der Waals surface area (Å²) >= 11 is 0. The SMILES string of the molecule is COc1ccc2cc1OCCCNC(=O)C1(OC)CCN(CC1)C(=O)CCNC(=O)[C@H](Cc1ccccc1)NC2=O. The van der Waals surface area contributed by atoms with Crippen molar-refractivity contribution in [3.05, 3.63) is 59.7 Å². The van der Waals surface area contributed by atoms with Crippen LogP contribution in [0.25, 0.3) is 0 Å². The Bertz CT molecular complexity index is 1230. The fourth-order valence-electron chi connectivity index (χ4n) is 5.06. The zero-order valence-electron chi connectivity index (χ0n) is 23.6. The highest BCUT2D eigenvalue weighted by atomic mass is 16.5. The predicted molar refractivity (Wildman–Crippen MR) is 151 cm³/mol. The molecule has 2 aromatic carbocycles. The third-order valence-electron chi connectivity index (χ3n) is 7.56. The Kier molecular flexibility index (Phi) is 10.2. The van der Waals surface area contributed by atoms with Gasteiger partial charge < -0.3 is 35.1 Å². The molecule has 3 N–H and O–H groups in total. The monoisotopic (exact) mass is 566 g/mol. The molecule has 11 heteroatoms. The predicted octanol–water partition coefficient (Wildman–Crippen LogP) is 1.45. The number of methoxy groups -OCH3 is 2. The van der Waals surface area contributed by atoms with Crippen molar-refractivity contribution < 1.29 is 33.4 Å². The fraction of sp³-hybridized carbons (Fsp3) is 0.467. The van der Waals surface area contributed by atoms with E-state index in [1.165, 1.54) is 14.2 Å². The number of nitrogens with zero attached hydrogens (tertiary/aromatic N) is 1. The van der Waals surface area contributed by atoms with Crippen LogP contribution in [0.3, 0.4) is 0 Å². The van der Waals surface area contributed by atoms with Gasteiger partial charge in [0, 0.05) is 64.5 Å². The van der Waals surface area contributed by atoms with E-state index in [4.69, 9.17) is 14.2 Å². The molecule has 11 nitrogen and oxygen atoms in total. The third kappa shape index (κ3) is 7.55. The smallest absolute Gasteiger partial charge is 0.252 e. The maximum atomic E-state index is 13.3. The number of carbonyl (C=O) groups excluding carboxylic acids is 4. The summed E-state index contributed by atoms with van der Waals surface area (Å²) < 4.78 is 17.0. The highest BCUT2D eigenvalue weighted by molar-refractivity contribution is 5.98. The molecule has 0 unspecified atom stereocenters. The van der Waals surface area contributed by atoms with Crippen molar-refractivity contribution >= 4 is 23.6 Å². The van der Waals surface area contributed by atoms with E-state index >= 15 is 0 Å². The van der Waals surface area contributed by atoms with Gasteiger partial charge in [0.05, 0.1) is 13.7 Å². The minimum Gasteiger partial charge on any atom is -0.493 e. The molecule has 41 heavy (non-hydrogen) atoms. The Morgan fingerprint density at radius 1 is 0.976 bits per heavy atom. The van der Waals surface area contributed by atoms with Crippen LogP contribution in [0, 0.1) is 0 Å². The van der Waals surface area contributed by atoms with Gasteiger partial charge in [0.15, 0.2) is 11.5 Å². The third-order valence-corrected chi connectivity index (χ3v) is 7.56. The first kappa shape index (κ1) is 29.9. The summed E-state index contributed by atoms with van der Waals surface area (Å²) in [6.45, 7) is 1.50. The molecule has 1 atom stereocenters. The molecule has 1 fully saturated rings. The normalized spacial score (nSPS) is 23.0. The molecule has 3 aliphatic heterocycles. The Morgan fingerprint density at radius 3 is 2.44 bits per heavy atom. The Morgan fingerprint density at radius 2 is 1.73 bits per heavy atom. The number of ether oxygens (including phenoxy) is 3. The number of piperidine rings is 1. The molecule has 0 spiro atoms. The van der Waals surface area contributed by atoms with E-state index in [1.54, 1.807) is 23.1 Å². The molecular weight excluding hydrogens is 528 g/mol. The molecule has 0 aromatic heterocycles. The van der Waals surface area contributed by atoms with Crippen LogP contribution in [-0.4, -0.2) is 87.2 Å². The Labute approximate surface area is 239 Å². The minimum atomic E-state index is -1.00. The molecule has 3 aliphatic rings. The van der Waals surface area contributed by atoms with Crippen LogP contribution in [0.1, 0.15) is 41.6 Å². The molecular formula is C30H38N4O7. The molecule has 1 saturated heterocycles. The number of fused-ring (bicyclic) bond motifs is 14. The van der Waals surface area contributed by atoms with Crippen molar-refractivity contribution in [2.75, 3.05) is 47.0 Å². The highest BCUT2D eigenvalue weighted by Crippen LogP contribution is 2.29. The number of carbonyl (C=O) groups is 4. The van der Waals surface area contributed by atoms with E-state index in [1.807, 2.05) is 30.3 Å². The number of rotatable bonds is 4. The van der Waals surface area contributed by atoms with Gasteiger partial charge >= 0.3 is 0 Å². The van der Waals surface area contributed by atoms with Gasteiger partial charge in [0.2, 0.25) is 11.8 Å². The first-order valence-corrected chi connectivity index (χ1v) is 13.9. The van der Waals surface area contributed by atoms with E-state index in [-0.39, 0.29) is 43.7 Å². The van der Waals surface area contributed by atoms with Gasteiger partial charge in [-0.25, -0.2) is 0 Å². The number of hydrogen-bond acceptors (Lipinski definition) is 7. The summed E-state index contributed by atoms with van der Waals surface area (Å²) in [6, 6.07) is 13.3. The van der Waals surface area contributed by atoms with Gasteiger partial charge in [-0.2, -0.15) is 0 Å². The summed E-state index contributed by atoms with van der Waals surface area (Å²) in [7, 11) is 3.02. The van der Waals surface area contributed by atoms with E-state index in [9.17, 15) is 19.2 Å². The zero-order chi connectivity index (χ0) is 29.2.